The van der Waals surface area contributed by atoms with Crippen molar-refractivity contribution in [1.29, 1.82) is 0 Å². The second-order valence-electron chi connectivity index (χ2n) is 6.91. The molecule has 6 atom stereocenters. The highest BCUT2D eigenvalue weighted by Gasteiger charge is 2.33. The van der Waals surface area contributed by atoms with Gasteiger partial charge in [-0.05, 0) is 32.3 Å². The second-order valence-corrected chi connectivity index (χ2v) is 7.89. The summed E-state index contributed by atoms with van der Waals surface area (Å²) in [5.41, 5.74) is 10.6. The Morgan fingerprint density at radius 3 is 1.87 bits per heavy atom. The second kappa shape index (κ2) is 13.8. The van der Waals surface area contributed by atoms with E-state index in [-0.39, 0.29) is 6.42 Å². The van der Waals surface area contributed by atoms with Gasteiger partial charge in [-0.3, -0.25) is 19.2 Å². The maximum atomic E-state index is 12.6. The molecule has 0 aliphatic rings. The first kappa shape index (κ1) is 28.6. The van der Waals surface area contributed by atoms with Crippen LogP contribution in [0.5, 0.6) is 0 Å². The highest BCUT2D eigenvalue weighted by Crippen LogP contribution is 2.04. The number of amides is 4. The number of rotatable bonds is 14. The molecule has 13 nitrogen and oxygen atoms in total. The summed E-state index contributed by atoms with van der Waals surface area (Å²) in [4.78, 5) is 59.7. The largest absolute Gasteiger partial charge is 0.480 e. The monoisotopic (exact) mass is 465 g/mol. The number of carbonyl (C=O) groups excluding carboxylic acids is 4. The number of nitrogens with two attached hydrogens (primary N) is 2. The van der Waals surface area contributed by atoms with Crippen LogP contribution >= 0.6 is 11.8 Å². The molecule has 178 valence electrons. The Balaban J connectivity index is 5.41. The van der Waals surface area contributed by atoms with E-state index in [0.29, 0.717) is 5.75 Å². The van der Waals surface area contributed by atoms with Crippen LogP contribution in [0, 0.1) is 0 Å². The Bertz CT molecular complexity index is 660. The quantitative estimate of drug-likeness (QED) is 0.125. The van der Waals surface area contributed by atoms with Crippen molar-refractivity contribution >= 4 is 41.4 Å². The fourth-order valence-electron chi connectivity index (χ4n) is 2.31. The summed E-state index contributed by atoms with van der Waals surface area (Å²) < 4.78 is 0. The molecule has 6 unspecified atom stereocenters. The summed E-state index contributed by atoms with van der Waals surface area (Å²) in [5, 5.41) is 35.1. The highest BCUT2D eigenvalue weighted by molar-refractivity contribution is 7.98. The van der Waals surface area contributed by atoms with E-state index >= 15 is 0 Å². The lowest BCUT2D eigenvalue weighted by molar-refractivity contribution is -0.143. The molecule has 0 aromatic carbocycles. The molecule has 0 heterocycles. The van der Waals surface area contributed by atoms with Crippen LogP contribution in [-0.4, -0.2) is 93.3 Å². The Labute approximate surface area is 183 Å². The number of aliphatic carboxylic acids is 1. The number of nitrogens with one attached hydrogen (secondary N) is 3. The van der Waals surface area contributed by atoms with E-state index < -0.39 is 72.4 Å². The number of carboxylic acids is 1. The molecule has 0 saturated heterocycles. The van der Waals surface area contributed by atoms with Crippen LogP contribution in [0.3, 0.4) is 0 Å². The Morgan fingerprint density at radius 2 is 1.45 bits per heavy atom. The van der Waals surface area contributed by atoms with Gasteiger partial charge in [0, 0.05) is 0 Å². The van der Waals surface area contributed by atoms with Crippen LogP contribution in [0.15, 0.2) is 0 Å². The molecule has 0 saturated carbocycles. The molecule has 0 aromatic heterocycles. The maximum absolute atomic E-state index is 12.6. The highest BCUT2D eigenvalue weighted by atomic mass is 32.2. The van der Waals surface area contributed by atoms with Gasteiger partial charge in [0.25, 0.3) is 0 Å². The van der Waals surface area contributed by atoms with E-state index in [0.717, 1.165) is 0 Å². The van der Waals surface area contributed by atoms with Crippen LogP contribution in [-0.2, 0) is 24.0 Å². The summed E-state index contributed by atoms with van der Waals surface area (Å²) in [6.45, 7) is 2.43. The minimum absolute atomic E-state index is 0.111. The number of carboxylic acid groups (broad SMARTS) is 1. The van der Waals surface area contributed by atoms with Gasteiger partial charge in [-0.15, -0.1) is 0 Å². The van der Waals surface area contributed by atoms with Crippen LogP contribution < -0.4 is 27.4 Å². The van der Waals surface area contributed by atoms with E-state index in [2.05, 4.69) is 16.0 Å². The van der Waals surface area contributed by atoms with E-state index in [1.165, 1.54) is 25.6 Å². The summed E-state index contributed by atoms with van der Waals surface area (Å²) in [5.74, 6) is -4.75. The Morgan fingerprint density at radius 1 is 0.903 bits per heavy atom. The van der Waals surface area contributed by atoms with Crippen molar-refractivity contribution in [2.24, 2.45) is 11.5 Å². The van der Waals surface area contributed by atoms with Crippen molar-refractivity contribution in [3.63, 3.8) is 0 Å². The molecule has 4 amide bonds. The average Bonchev–Trinajstić information content (AvgIpc) is 2.66. The molecule has 14 heteroatoms. The van der Waals surface area contributed by atoms with Crippen LogP contribution in [0.2, 0.25) is 0 Å². The minimum atomic E-state index is -1.58. The van der Waals surface area contributed by atoms with Crippen LogP contribution in [0.4, 0.5) is 0 Å². The summed E-state index contributed by atoms with van der Waals surface area (Å²) in [6.07, 6.45) is -1.47. The van der Waals surface area contributed by atoms with Gasteiger partial charge in [0.05, 0.1) is 18.6 Å². The van der Waals surface area contributed by atoms with Gasteiger partial charge in [0.2, 0.25) is 23.6 Å². The smallest absolute Gasteiger partial charge is 0.326 e. The predicted octanol–water partition coefficient (Wildman–Crippen LogP) is -3.76. The molecule has 0 rings (SSSR count). The first-order valence-corrected chi connectivity index (χ1v) is 10.7. The number of carbonyl (C=O) groups is 5. The molecule has 0 aliphatic carbocycles. The molecule has 0 fully saturated rings. The number of primary amides is 1. The minimum Gasteiger partial charge on any atom is -0.480 e. The molecule has 0 radical (unpaired) electrons. The van der Waals surface area contributed by atoms with Crippen molar-refractivity contribution < 1.29 is 39.3 Å². The van der Waals surface area contributed by atoms with Crippen molar-refractivity contribution in [3.05, 3.63) is 0 Å². The standard InChI is InChI=1S/C17H31N5O8S/c1-7(23)12(19)15(27)21-10(6-11(18)25)14(26)22-13(8(2)24)16(28)20-9(17(29)30)4-5-31-3/h7-10,12-13,23-24H,4-6,19H2,1-3H3,(H2,18,25)(H,20,28)(H,21,27)(H,22,26)(H,29,30). The number of aliphatic hydroxyl groups excluding tert-OH is 2. The average molecular weight is 466 g/mol. The van der Waals surface area contributed by atoms with Gasteiger partial charge >= 0.3 is 5.97 Å². The van der Waals surface area contributed by atoms with Crippen LogP contribution in [0.1, 0.15) is 26.7 Å². The summed E-state index contributed by atoms with van der Waals surface area (Å²) in [6, 6.07) is -5.77. The molecular formula is C17H31N5O8S. The lowest BCUT2D eigenvalue weighted by Crippen LogP contribution is -2.60. The van der Waals surface area contributed by atoms with Gasteiger partial charge < -0.3 is 42.7 Å². The summed E-state index contributed by atoms with van der Waals surface area (Å²) >= 11 is 1.37. The lowest BCUT2D eigenvalue weighted by Gasteiger charge is -2.26. The van der Waals surface area contributed by atoms with Crippen molar-refractivity contribution in [1.82, 2.24) is 16.0 Å². The number of thioether (sulfide) groups is 1. The zero-order valence-corrected chi connectivity index (χ0v) is 18.3. The zero-order chi connectivity index (χ0) is 24.3. The topological polar surface area (TPSA) is 234 Å². The third kappa shape index (κ3) is 10.4. The fraction of sp³-hybridized carbons (Fsp3) is 0.706. The summed E-state index contributed by atoms with van der Waals surface area (Å²) in [7, 11) is 0. The molecular weight excluding hydrogens is 434 g/mol. The van der Waals surface area contributed by atoms with E-state index in [1.54, 1.807) is 6.26 Å². The molecule has 10 N–H and O–H groups in total. The van der Waals surface area contributed by atoms with Gasteiger partial charge in [0.15, 0.2) is 0 Å². The normalized spacial score (nSPS) is 16.7. The van der Waals surface area contributed by atoms with Crippen molar-refractivity contribution in [2.75, 3.05) is 12.0 Å². The van der Waals surface area contributed by atoms with Gasteiger partial charge in [-0.1, -0.05) is 0 Å². The third-order valence-electron chi connectivity index (χ3n) is 4.15. The number of hydrogen-bond donors (Lipinski definition) is 8. The van der Waals surface area contributed by atoms with E-state index in [9.17, 15) is 39.3 Å². The molecule has 0 aliphatic heterocycles. The van der Waals surface area contributed by atoms with Gasteiger partial charge in [-0.25, -0.2) is 4.79 Å². The van der Waals surface area contributed by atoms with E-state index in [4.69, 9.17) is 11.5 Å². The zero-order valence-electron chi connectivity index (χ0n) is 17.5. The Hall–Kier alpha value is -2.42. The molecule has 0 spiro atoms. The van der Waals surface area contributed by atoms with Crippen molar-refractivity contribution in [3.8, 4) is 0 Å². The molecule has 0 aromatic rings. The predicted molar refractivity (Wildman–Crippen MR) is 112 cm³/mol. The maximum Gasteiger partial charge on any atom is 0.326 e. The van der Waals surface area contributed by atoms with Crippen molar-refractivity contribution in [2.45, 2.75) is 63.1 Å². The van der Waals surface area contributed by atoms with Crippen LogP contribution in [0.25, 0.3) is 0 Å². The fourth-order valence-corrected chi connectivity index (χ4v) is 2.78. The number of aliphatic hydroxyl groups is 2. The first-order chi connectivity index (χ1) is 14.3. The number of hydrogen-bond acceptors (Lipinski definition) is 9. The molecule has 0 bridgehead atoms. The molecule has 31 heavy (non-hydrogen) atoms. The first-order valence-electron chi connectivity index (χ1n) is 9.34. The Kier molecular flexibility index (Phi) is 12.7. The van der Waals surface area contributed by atoms with E-state index in [1.807, 2.05) is 0 Å². The lowest BCUT2D eigenvalue weighted by atomic mass is 10.1. The SMILES string of the molecule is CSCCC(NC(=O)C(NC(=O)C(CC(N)=O)NC(=O)C(N)C(C)O)C(C)O)C(=O)O. The van der Waals surface area contributed by atoms with Gasteiger partial charge in [0.1, 0.15) is 24.2 Å². The van der Waals surface area contributed by atoms with Gasteiger partial charge in [-0.2, -0.15) is 11.8 Å². The third-order valence-corrected chi connectivity index (χ3v) is 4.79.